The van der Waals surface area contributed by atoms with Crippen LogP contribution in [0.3, 0.4) is 0 Å². The highest BCUT2D eigenvalue weighted by atomic mass is 79.9. The molecule has 3 rings (SSSR count). The third-order valence-corrected chi connectivity index (χ3v) is 3.70. The fourth-order valence-electron chi connectivity index (χ4n) is 2.27. The Morgan fingerprint density at radius 2 is 2.05 bits per heavy atom. The van der Waals surface area contributed by atoms with Crippen molar-refractivity contribution < 1.29 is 9.21 Å². The topological polar surface area (TPSA) is 54.0 Å². The maximum atomic E-state index is 12.5. The molecule has 21 heavy (non-hydrogen) atoms. The highest BCUT2D eigenvalue weighted by molar-refractivity contribution is 9.10. The molecule has 0 saturated heterocycles. The molecule has 0 aliphatic rings. The van der Waals surface area contributed by atoms with Crippen LogP contribution < -0.4 is 0 Å². The summed E-state index contributed by atoms with van der Waals surface area (Å²) in [6.07, 6.45) is 0. The van der Waals surface area contributed by atoms with E-state index in [1.807, 2.05) is 25.1 Å². The summed E-state index contributed by atoms with van der Waals surface area (Å²) in [5.74, 6) is 0.0557. The zero-order valence-electron chi connectivity index (χ0n) is 11.2. The molecule has 0 saturated carbocycles. The van der Waals surface area contributed by atoms with E-state index >= 15 is 0 Å². The molecule has 0 unspecified atom stereocenters. The van der Waals surface area contributed by atoms with Crippen molar-refractivity contribution in [2.75, 3.05) is 0 Å². The minimum atomic E-state index is -0.223. The predicted molar refractivity (Wildman–Crippen MR) is 83.2 cm³/mol. The zero-order valence-corrected chi connectivity index (χ0v) is 12.8. The van der Waals surface area contributed by atoms with Crippen LogP contribution in [0.2, 0.25) is 0 Å². The average Bonchev–Trinajstić information content (AvgIpc) is 2.90. The number of rotatable bonds is 2. The highest BCUT2D eigenvalue weighted by Gasteiger charge is 2.16. The Hall–Kier alpha value is -2.38. The van der Waals surface area contributed by atoms with E-state index in [2.05, 4.69) is 15.9 Å². The Morgan fingerprint density at radius 1 is 1.24 bits per heavy atom. The first kappa shape index (κ1) is 13.6. The number of fused-ring (bicyclic) bond motifs is 1. The minimum Gasteiger partial charge on any atom is -0.452 e. The lowest BCUT2D eigenvalue weighted by Gasteiger charge is -1.98. The summed E-state index contributed by atoms with van der Waals surface area (Å²) >= 11 is 3.43. The summed E-state index contributed by atoms with van der Waals surface area (Å²) in [4.78, 5) is 12.5. The number of nitrogens with zero attached hydrogens (tertiary/aromatic N) is 1. The molecule has 3 nitrogen and oxygen atoms in total. The van der Waals surface area contributed by atoms with Crippen LogP contribution in [0.15, 0.2) is 51.4 Å². The Balaban J connectivity index is 2.10. The molecule has 0 radical (unpaired) electrons. The van der Waals surface area contributed by atoms with E-state index in [0.717, 1.165) is 15.4 Å². The van der Waals surface area contributed by atoms with Crippen molar-refractivity contribution in [1.29, 1.82) is 5.26 Å². The lowest BCUT2D eigenvalue weighted by molar-refractivity contribution is 0.101. The molecule has 0 spiro atoms. The van der Waals surface area contributed by atoms with Crippen molar-refractivity contribution >= 4 is 32.7 Å². The summed E-state index contributed by atoms with van der Waals surface area (Å²) in [6, 6.07) is 14.2. The second-order valence-electron chi connectivity index (χ2n) is 4.77. The van der Waals surface area contributed by atoms with E-state index in [4.69, 9.17) is 9.68 Å². The van der Waals surface area contributed by atoms with Gasteiger partial charge in [-0.1, -0.05) is 28.1 Å². The summed E-state index contributed by atoms with van der Waals surface area (Å²) < 4.78 is 6.63. The van der Waals surface area contributed by atoms with Crippen molar-refractivity contribution in [3.63, 3.8) is 0 Å². The van der Waals surface area contributed by atoms with Gasteiger partial charge in [0.05, 0.1) is 11.6 Å². The largest absolute Gasteiger partial charge is 0.452 e. The van der Waals surface area contributed by atoms with Gasteiger partial charge in [0.1, 0.15) is 5.58 Å². The van der Waals surface area contributed by atoms with Gasteiger partial charge in [-0.15, -0.1) is 0 Å². The summed E-state index contributed by atoms with van der Waals surface area (Å²) in [7, 11) is 0. The number of hydrogen-bond donors (Lipinski definition) is 0. The summed E-state index contributed by atoms with van der Waals surface area (Å²) in [5, 5.41) is 9.78. The molecule has 0 aliphatic carbocycles. The predicted octanol–water partition coefficient (Wildman–Crippen LogP) is 4.61. The minimum absolute atomic E-state index is 0.223. The van der Waals surface area contributed by atoms with Gasteiger partial charge in [-0.25, -0.2) is 0 Å². The lowest BCUT2D eigenvalue weighted by atomic mass is 10.1. The molecule has 0 atom stereocenters. The number of benzene rings is 2. The van der Waals surface area contributed by atoms with Gasteiger partial charge in [0.25, 0.3) is 0 Å². The number of aryl methyl sites for hydroxylation is 1. The van der Waals surface area contributed by atoms with Crippen LogP contribution in [0.1, 0.15) is 27.2 Å². The molecule has 3 aromatic rings. The van der Waals surface area contributed by atoms with Crippen LogP contribution >= 0.6 is 15.9 Å². The summed E-state index contributed by atoms with van der Waals surface area (Å²) in [5.41, 5.74) is 2.57. The lowest BCUT2D eigenvalue weighted by Crippen LogP contribution is -1.99. The SMILES string of the molecule is Cc1cc(Br)cc2cc(C(=O)c3cccc(C#N)c3)oc12. The molecule has 0 fully saturated rings. The maximum Gasteiger partial charge on any atom is 0.228 e. The van der Waals surface area contributed by atoms with Crippen LogP contribution in [-0.4, -0.2) is 5.78 Å². The van der Waals surface area contributed by atoms with Gasteiger partial charge < -0.3 is 4.42 Å². The van der Waals surface area contributed by atoms with Crippen molar-refractivity contribution in [2.24, 2.45) is 0 Å². The van der Waals surface area contributed by atoms with Gasteiger partial charge >= 0.3 is 0 Å². The molecule has 1 heterocycles. The van der Waals surface area contributed by atoms with E-state index in [1.54, 1.807) is 30.3 Å². The van der Waals surface area contributed by atoms with Gasteiger partial charge in [0.15, 0.2) is 5.76 Å². The number of nitriles is 1. The second-order valence-corrected chi connectivity index (χ2v) is 5.69. The van der Waals surface area contributed by atoms with Crippen molar-refractivity contribution in [3.8, 4) is 6.07 Å². The van der Waals surface area contributed by atoms with Gasteiger partial charge in [-0.05, 0) is 42.8 Å². The molecule has 1 aromatic heterocycles. The Labute approximate surface area is 129 Å². The number of halogens is 1. The molecule has 0 bridgehead atoms. The molecule has 0 amide bonds. The number of ketones is 1. The first-order chi connectivity index (χ1) is 10.1. The Kier molecular flexibility index (Phi) is 3.36. The summed E-state index contributed by atoms with van der Waals surface area (Å²) in [6.45, 7) is 1.93. The maximum absolute atomic E-state index is 12.5. The van der Waals surface area contributed by atoms with E-state index < -0.39 is 0 Å². The van der Waals surface area contributed by atoms with Crippen LogP contribution in [0.5, 0.6) is 0 Å². The van der Waals surface area contributed by atoms with Crippen LogP contribution in [0.25, 0.3) is 11.0 Å². The van der Waals surface area contributed by atoms with E-state index in [-0.39, 0.29) is 11.5 Å². The van der Waals surface area contributed by atoms with Gasteiger partial charge in [-0.3, -0.25) is 4.79 Å². The fraction of sp³-hybridized carbons (Fsp3) is 0.0588. The van der Waals surface area contributed by atoms with Gasteiger partial charge in [0.2, 0.25) is 5.78 Å². The number of hydrogen-bond acceptors (Lipinski definition) is 3. The first-order valence-corrected chi connectivity index (χ1v) is 7.12. The fourth-order valence-corrected chi connectivity index (χ4v) is 2.86. The van der Waals surface area contributed by atoms with Gasteiger partial charge in [-0.2, -0.15) is 5.26 Å². The van der Waals surface area contributed by atoms with Gasteiger partial charge in [0, 0.05) is 15.4 Å². The second kappa shape index (κ2) is 5.19. The molecule has 4 heteroatoms. The zero-order chi connectivity index (χ0) is 15.0. The number of carbonyl (C=O) groups excluding carboxylic acids is 1. The standard InChI is InChI=1S/C17H10BrNO2/c1-10-5-14(18)7-13-8-15(21-17(10)13)16(20)12-4-2-3-11(6-12)9-19/h2-8H,1H3. The third kappa shape index (κ3) is 2.48. The van der Waals surface area contributed by atoms with E-state index in [9.17, 15) is 4.79 Å². The smallest absolute Gasteiger partial charge is 0.228 e. The van der Waals surface area contributed by atoms with Crippen LogP contribution in [0, 0.1) is 18.3 Å². The molecule has 0 aliphatic heterocycles. The molecule has 0 N–H and O–H groups in total. The number of furan rings is 1. The van der Waals surface area contributed by atoms with Crippen molar-refractivity contribution in [3.05, 3.63) is 69.4 Å². The van der Waals surface area contributed by atoms with E-state index in [1.165, 1.54) is 0 Å². The number of carbonyl (C=O) groups is 1. The van der Waals surface area contributed by atoms with Crippen LogP contribution in [0.4, 0.5) is 0 Å². The molecule has 102 valence electrons. The molecular weight excluding hydrogens is 330 g/mol. The monoisotopic (exact) mass is 339 g/mol. The van der Waals surface area contributed by atoms with Crippen molar-refractivity contribution in [1.82, 2.24) is 0 Å². The van der Waals surface area contributed by atoms with E-state index in [0.29, 0.717) is 16.7 Å². The third-order valence-electron chi connectivity index (χ3n) is 3.24. The average molecular weight is 340 g/mol. The van der Waals surface area contributed by atoms with Crippen LogP contribution in [-0.2, 0) is 0 Å². The first-order valence-electron chi connectivity index (χ1n) is 6.33. The molecular formula is C17H10BrNO2. The highest BCUT2D eigenvalue weighted by Crippen LogP contribution is 2.28. The Bertz CT molecular complexity index is 903. The quantitative estimate of drug-likeness (QED) is 0.640. The normalized spacial score (nSPS) is 10.5. The Morgan fingerprint density at radius 3 is 2.81 bits per heavy atom. The molecule has 2 aromatic carbocycles. The van der Waals surface area contributed by atoms with Crippen molar-refractivity contribution in [2.45, 2.75) is 6.92 Å².